The van der Waals surface area contributed by atoms with E-state index in [0.717, 1.165) is 96.0 Å². The molecule has 0 radical (unpaired) electrons. The van der Waals surface area contributed by atoms with Crippen molar-refractivity contribution in [2.45, 2.75) is 71.8 Å². The van der Waals surface area contributed by atoms with E-state index in [-0.39, 0.29) is 30.8 Å². The number of amides is 2. The second kappa shape index (κ2) is 17.1. The van der Waals surface area contributed by atoms with Gasteiger partial charge in [-0.15, -0.1) is 0 Å². The minimum atomic E-state index is -0.344. The molecule has 0 atom stereocenters. The molecule has 2 aliphatic rings. The Balaban J connectivity index is 1.08. The second-order valence-corrected chi connectivity index (χ2v) is 13.5. The molecule has 0 unspecified atom stereocenters. The van der Waals surface area contributed by atoms with Gasteiger partial charge in [-0.05, 0) is 68.1 Å². The van der Waals surface area contributed by atoms with Crippen LogP contribution in [0.5, 0.6) is 5.75 Å². The maximum absolute atomic E-state index is 13.1. The zero-order valence-electron chi connectivity index (χ0n) is 30.5. The zero-order valence-corrected chi connectivity index (χ0v) is 30.5. The standard InChI is InChI=1S/C39H52N8O4/c1-5-34-32(38(43-30-12-18-51-19-13-30)33-25-42-47(6-2)39(33)44-34)24-41-37(49)22-36(48)40-23-27-10-11-35(50-4)31(21-27)29-9-7-8-28(20-29)26-46-16-14-45(3)15-17-46/h7-11,20-21,25,30H,5-6,12-19,22-24,26H2,1-4H3,(H,40,48)(H,41,49)(H,43,44). The number of aromatic nitrogens is 3. The average molecular weight is 697 g/mol. The number of benzene rings is 2. The van der Waals surface area contributed by atoms with Crippen LogP contribution in [0.15, 0.2) is 48.7 Å². The lowest BCUT2D eigenvalue weighted by Gasteiger charge is -2.32. The van der Waals surface area contributed by atoms with Gasteiger partial charge in [-0.25, -0.2) is 9.67 Å². The molecule has 2 fully saturated rings. The summed E-state index contributed by atoms with van der Waals surface area (Å²) in [5.74, 6) is 0.0877. The fraction of sp³-hybridized carbons (Fsp3) is 0.487. The number of aryl methyl sites for hydroxylation is 2. The van der Waals surface area contributed by atoms with Crippen molar-refractivity contribution in [3.8, 4) is 16.9 Å². The Morgan fingerprint density at radius 1 is 0.961 bits per heavy atom. The molecule has 2 aromatic heterocycles. The van der Waals surface area contributed by atoms with Crippen molar-refractivity contribution in [1.82, 2.24) is 35.2 Å². The topological polar surface area (TPSA) is 126 Å². The number of carbonyl (C=O) groups is 2. The van der Waals surface area contributed by atoms with Crippen LogP contribution in [0.3, 0.4) is 0 Å². The van der Waals surface area contributed by atoms with Crippen LogP contribution in [-0.2, 0) is 46.9 Å². The smallest absolute Gasteiger partial charge is 0.229 e. The molecule has 0 spiro atoms. The number of carbonyl (C=O) groups excluding carboxylic acids is 2. The van der Waals surface area contributed by atoms with Crippen molar-refractivity contribution in [2.75, 3.05) is 58.9 Å². The number of rotatable bonds is 14. The number of likely N-dealkylation sites (N-methyl/N-ethyl adjacent to an activating group) is 1. The lowest BCUT2D eigenvalue weighted by molar-refractivity contribution is -0.129. The molecule has 272 valence electrons. The molecule has 51 heavy (non-hydrogen) atoms. The lowest BCUT2D eigenvalue weighted by Crippen LogP contribution is -2.43. The summed E-state index contributed by atoms with van der Waals surface area (Å²) in [7, 11) is 3.84. The normalized spacial score (nSPS) is 15.9. The number of fused-ring (bicyclic) bond motifs is 1. The minimum absolute atomic E-state index is 0.253. The van der Waals surface area contributed by atoms with E-state index in [2.05, 4.69) is 75.2 Å². The summed E-state index contributed by atoms with van der Waals surface area (Å²) >= 11 is 0. The average Bonchev–Trinajstić information content (AvgIpc) is 3.57. The van der Waals surface area contributed by atoms with Crippen LogP contribution in [0.25, 0.3) is 22.2 Å². The van der Waals surface area contributed by atoms with Crippen molar-refractivity contribution in [2.24, 2.45) is 0 Å². The SMILES string of the molecule is CCc1nc2c(cnn2CC)c(NC2CCOCC2)c1CNC(=O)CC(=O)NCc1ccc(OC)c(-c2cccc(CN3CCN(C)CC3)c2)c1. The Bertz CT molecular complexity index is 1810. The lowest BCUT2D eigenvalue weighted by atomic mass is 9.99. The second-order valence-electron chi connectivity index (χ2n) is 13.5. The van der Waals surface area contributed by atoms with Crippen LogP contribution in [0.2, 0.25) is 0 Å². The van der Waals surface area contributed by atoms with Crippen molar-refractivity contribution in [3.63, 3.8) is 0 Å². The first-order valence-electron chi connectivity index (χ1n) is 18.3. The van der Waals surface area contributed by atoms with E-state index in [1.807, 2.05) is 29.9 Å². The van der Waals surface area contributed by atoms with Gasteiger partial charge in [0.1, 0.15) is 12.2 Å². The first-order chi connectivity index (χ1) is 24.8. The quantitative estimate of drug-likeness (QED) is 0.165. The number of nitrogens with zero attached hydrogens (tertiary/aromatic N) is 5. The van der Waals surface area contributed by atoms with Crippen molar-refractivity contribution < 1.29 is 19.1 Å². The van der Waals surface area contributed by atoms with Crippen LogP contribution < -0.4 is 20.7 Å². The Kier molecular flexibility index (Phi) is 12.2. The van der Waals surface area contributed by atoms with Gasteiger partial charge in [-0.3, -0.25) is 14.5 Å². The van der Waals surface area contributed by atoms with Gasteiger partial charge in [0.05, 0.1) is 24.4 Å². The third kappa shape index (κ3) is 9.05. The molecule has 2 aromatic carbocycles. The Hall–Kier alpha value is -4.52. The molecule has 12 heteroatoms. The van der Waals surface area contributed by atoms with Crippen molar-refractivity contribution in [3.05, 3.63) is 71.0 Å². The zero-order chi connectivity index (χ0) is 35.7. The van der Waals surface area contributed by atoms with Gasteiger partial charge in [0.25, 0.3) is 0 Å². The molecule has 12 nitrogen and oxygen atoms in total. The summed E-state index contributed by atoms with van der Waals surface area (Å²) in [6, 6.07) is 14.8. The Labute approximate surface area is 300 Å². The molecule has 2 saturated heterocycles. The van der Waals surface area contributed by atoms with Crippen LogP contribution in [0.1, 0.15) is 55.5 Å². The highest BCUT2D eigenvalue weighted by molar-refractivity contribution is 5.97. The number of pyridine rings is 1. The van der Waals surface area contributed by atoms with E-state index in [4.69, 9.17) is 14.5 Å². The van der Waals surface area contributed by atoms with Crippen LogP contribution in [-0.4, -0.2) is 96.0 Å². The maximum Gasteiger partial charge on any atom is 0.229 e. The molecule has 0 aliphatic carbocycles. The Morgan fingerprint density at radius 2 is 1.73 bits per heavy atom. The predicted molar refractivity (Wildman–Crippen MR) is 200 cm³/mol. The summed E-state index contributed by atoms with van der Waals surface area (Å²) < 4.78 is 13.2. The van der Waals surface area contributed by atoms with Gasteiger partial charge in [0, 0.05) is 88.4 Å². The highest BCUT2D eigenvalue weighted by Gasteiger charge is 2.22. The molecule has 2 aliphatic heterocycles. The molecular weight excluding hydrogens is 644 g/mol. The molecule has 0 saturated carbocycles. The number of methoxy groups -OCH3 is 1. The van der Waals surface area contributed by atoms with Crippen molar-refractivity contribution >= 4 is 28.5 Å². The molecular formula is C39H52N8O4. The summed E-state index contributed by atoms with van der Waals surface area (Å²) in [4.78, 5) is 35.9. The van der Waals surface area contributed by atoms with Crippen LogP contribution in [0.4, 0.5) is 5.69 Å². The molecule has 4 heterocycles. The number of piperazine rings is 1. The van der Waals surface area contributed by atoms with E-state index in [0.29, 0.717) is 32.7 Å². The van der Waals surface area contributed by atoms with Gasteiger partial charge in [-0.1, -0.05) is 31.2 Å². The number of hydrogen-bond acceptors (Lipinski definition) is 9. The molecule has 4 aromatic rings. The first-order valence-corrected chi connectivity index (χ1v) is 18.3. The van der Waals surface area contributed by atoms with E-state index in [1.54, 1.807) is 7.11 Å². The largest absolute Gasteiger partial charge is 0.496 e. The van der Waals surface area contributed by atoms with Gasteiger partial charge in [-0.2, -0.15) is 5.10 Å². The monoisotopic (exact) mass is 696 g/mol. The number of ether oxygens (including phenoxy) is 2. The number of anilines is 1. The van der Waals surface area contributed by atoms with Crippen LogP contribution in [0, 0.1) is 0 Å². The van der Waals surface area contributed by atoms with Gasteiger partial charge >= 0.3 is 0 Å². The predicted octanol–water partition coefficient (Wildman–Crippen LogP) is 4.35. The van der Waals surface area contributed by atoms with E-state index >= 15 is 0 Å². The van der Waals surface area contributed by atoms with E-state index in [9.17, 15) is 9.59 Å². The summed E-state index contributed by atoms with van der Waals surface area (Å²) in [6.45, 7) is 12.0. The molecule has 3 N–H and O–H groups in total. The third-order valence-electron chi connectivity index (χ3n) is 9.95. The van der Waals surface area contributed by atoms with Gasteiger partial charge < -0.3 is 30.3 Å². The van der Waals surface area contributed by atoms with E-state index in [1.165, 1.54) is 5.56 Å². The summed E-state index contributed by atoms with van der Waals surface area (Å²) in [5, 5.41) is 15.2. The minimum Gasteiger partial charge on any atom is -0.496 e. The number of hydrogen-bond donors (Lipinski definition) is 3. The highest BCUT2D eigenvalue weighted by Crippen LogP contribution is 2.33. The highest BCUT2D eigenvalue weighted by atomic mass is 16.5. The fourth-order valence-electron chi connectivity index (χ4n) is 6.95. The van der Waals surface area contributed by atoms with Crippen molar-refractivity contribution in [1.29, 1.82) is 0 Å². The number of nitrogens with one attached hydrogen (secondary N) is 3. The summed E-state index contributed by atoms with van der Waals surface area (Å²) in [5.41, 5.74) is 7.83. The van der Waals surface area contributed by atoms with E-state index < -0.39 is 0 Å². The maximum atomic E-state index is 13.1. The fourth-order valence-corrected chi connectivity index (χ4v) is 6.95. The van der Waals surface area contributed by atoms with Gasteiger partial charge in [0.15, 0.2) is 5.65 Å². The Morgan fingerprint density at radius 3 is 2.45 bits per heavy atom. The van der Waals surface area contributed by atoms with Gasteiger partial charge in [0.2, 0.25) is 11.8 Å². The van der Waals surface area contributed by atoms with Crippen LogP contribution >= 0.6 is 0 Å². The molecule has 2 amide bonds. The molecule has 0 bridgehead atoms. The molecule has 6 rings (SSSR count). The third-order valence-corrected chi connectivity index (χ3v) is 9.95. The summed E-state index contributed by atoms with van der Waals surface area (Å²) in [6.07, 6.45) is 4.08. The first kappa shape index (κ1) is 36.3.